The van der Waals surface area contributed by atoms with E-state index in [9.17, 15) is 14.7 Å². The topological polar surface area (TPSA) is 93.5 Å². The fraction of sp³-hybridized carbons (Fsp3) is 0.261. The number of benzene rings is 2. The number of ether oxygens (including phenoxy) is 1. The van der Waals surface area contributed by atoms with Gasteiger partial charge in [-0.1, -0.05) is 48.5 Å². The molecule has 154 valence electrons. The number of nitrogens with one attached hydrogen (secondary N) is 1. The molecule has 4 rings (SSSR count). The summed E-state index contributed by atoms with van der Waals surface area (Å²) in [4.78, 5) is 24.4. The molecule has 7 heteroatoms. The molecule has 1 atom stereocenters. The average Bonchev–Trinajstić information content (AvgIpc) is 3.27. The monoisotopic (exact) mass is 405 g/mol. The van der Waals surface area contributed by atoms with Crippen molar-refractivity contribution in [2.24, 2.45) is 7.05 Å². The lowest BCUT2D eigenvalue weighted by molar-refractivity contribution is -0.143. The zero-order valence-corrected chi connectivity index (χ0v) is 16.8. The van der Waals surface area contributed by atoms with Crippen LogP contribution < -0.4 is 5.32 Å². The second kappa shape index (κ2) is 7.67. The molecule has 1 heterocycles. The molecule has 0 saturated heterocycles. The van der Waals surface area contributed by atoms with Crippen molar-refractivity contribution in [1.29, 1.82) is 0 Å². The third-order valence-corrected chi connectivity index (χ3v) is 5.50. The van der Waals surface area contributed by atoms with Gasteiger partial charge in [0.1, 0.15) is 12.1 Å². The van der Waals surface area contributed by atoms with Crippen LogP contribution in [0.5, 0.6) is 0 Å². The van der Waals surface area contributed by atoms with Crippen molar-refractivity contribution in [1.82, 2.24) is 15.1 Å². The Balaban J connectivity index is 1.47. The van der Waals surface area contributed by atoms with Crippen LogP contribution in [0.2, 0.25) is 0 Å². The maximum atomic E-state index is 12.5. The van der Waals surface area contributed by atoms with Gasteiger partial charge in [-0.2, -0.15) is 5.10 Å². The molecule has 1 amide bonds. The third-order valence-electron chi connectivity index (χ3n) is 5.50. The molecule has 1 aromatic heterocycles. The standard InChI is InChI=1S/C23H23N3O4/c1-23(21(27)28,13-15-11-12-26(2)25-15)24-22(29)30-14-20-18-9-5-3-7-16(18)17-8-4-6-10-19(17)20/h3-12,20H,13-14H2,1-2H3,(H,24,29)(H,27,28). The highest BCUT2D eigenvalue weighted by atomic mass is 16.5. The largest absolute Gasteiger partial charge is 0.480 e. The first-order chi connectivity index (χ1) is 14.4. The van der Waals surface area contributed by atoms with Gasteiger partial charge in [0.2, 0.25) is 0 Å². The lowest BCUT2D eigenvalue weighted by Crippen LogP contribution is -2.54. The van der Waals surface area contributed by atoms with Gasteiger partial charge in [0.25, 0.3) is 0 Å². The summed E-state index contributed by atoms with van der Waals surface area (Å²) in [5, 5.41) is 16.4. The number of hydrogen-bond donors (Lipinski definition) is 2. The second-order valence-corrected chi connectivity index (χ2v) is 7.75. The quantitative estimate of drug-likeness (QED) is 0.656. The van der Waals surface area contributed by atoms with E-state index >= 15 is 0 Å². The summed E-state index contributed by atoms with van der Waals surface area (Å²) < 4.78 is 7.08. The molecule has 1 aliphatic rings. The minimum absolute atomic E-state index is 0.0490. The van der Waals surface area contributed by atoms with E-state index < -0.39 is 17.6 Å². The number of alkyl carbamates (subject to hydrolysis) is 1. The normalized spacial score (nSPS) is 14.5. The maximum absolute atomic E-state index is 12.5. The number of aryl methyl sites for hydroxylation is 1. The summed E-state index contributed by atoms with van der Waals surface area (Å²) in [5.74, 6) is -1.24. The van der Waals surface area contributed by atoms with Crippen molar-refractivity contribution < 1.29 is 19.4 Å². The Hall–Kier alpha value is -3.61. The molecule has 0 spiro atoms. The SMILES string of the molecule is Cn1ccc(CC(C)(NC(=O)OCC2c3ccccc3-c3ccccc32)C(=O)O)n1. The van der Waals surface area contributed by atoms with Crippen LogP contribution in [0, 0.1) is 0 Å². The summed E-state index contributed by atoms with van der Waals surface area (Å²) in [6.45, 7) is 1.57. The predicted octanol–water partition coefficient (Wildman–Crippen LogP) is 3.34. The van der Waals surface area contributed by atoms with Crippen LogP contribution in [-0.2, 0) is 23.0 Å². The van der Waals surface area contributed by atoms with Crippen molar-refractivity contribution in [2.45, 2.75) is 24.8 Å². The number of carboxylic acid groups (broad SMARTS) is 1. The third kappa shape index (κ3) is 3.66. The molecular weight excluding hydrogens is 382 g/mol. The fourth-order valence-corrected chi connectivity index (χ4v) is 3.95. The second-order valence-electron chi connectivity index (χ2n) is 7.75. The molecular formula is C23H23N3O4. The van der Waals surface area contributed by atoms with Gasteiger partial charge >= 0.3 is 12.1 Å². The van der Waals surface area contributed by atoms with Gasteiger partial charge in [-0.25, -0.2) is 9.59 Å². The number of amides is 1. The van der Waals surface area contributed by atoms with E-state index in [4.69, 9.17) is 4.74 Å². The molecule has 7 nitrogen and oxygen atoms in total. The number of aromatic nitrogens is 2. The summed E-state index contributed by atoms with van der Waals surface area (Å²) in [6.07, 6.45) is 1.01. The summed E-state index contributed by atoms with van der Waals surface area (Å²) in [6, 6.07) is 17.8. The van der Waals surface area contributed by atoms with Gasteiger partial charge in [0, 0.05) is 25.6 Å². The van der Waals surface area contributed by atoms with Crippen molar-refractivity contribution in [3.63, 3.8) is 0 Å². The Bertz CT molecular complexity index is 1060. The number of hydrogen-bond acceptors (Lipinski definition) is 4. The average molecular weight is 405 g/mol. The van der Waals surface area contributed by atoms with Crippen molar-refractivity contribution >= 4 is 12.1 Å². The number of carboxylic acids is 1. The maximum Gasteiger partial charge on any atom is 0.408 e. The fourth-order valence-electron chi connectivity index (χ4n) is 3.95. The minimum Gasteiger partial charge on any atom is -0.480 e. The van der Waals surface area contributed by atoms with Crippen LogP contribution in [-0.4, -0.2) is 39.1 Å². The molecule has 1 unspecified atom stereocenters. The lowest BCUT2D eigenvalue weighted by atomic mass is 9.96. The van der Waals surface area contributed by atoms with Crippen LogP contribution >= 0.6 is 0 Å². The van der Waals surface area contributed by atoms with Gasteiger partial charge in [0.05, 0.1) is 5.69 Å². The van der Waals surface area contributed by atoms with E-state index in [2.05, 4.69) is 22.5 Å². The summed E-state index contributed by atoms with van der Waals surface area (Å²) in [5.41, 5.74) is 3.50. The Morgan fingerprint density at radius 3 is 2.23 bits per heavy atom. The first-order valence-corrected chi connectivity index (χ1v) is 9.72. The van der Waals surface area contributed by atoms with Gasteiger partial charge in [-0.05, 0) is 35.2 Å². The number of rotatable bonds is 6. The highest BCUT2D eigenvalue weighted by Gasteiger charge is 2.37. The smallest absolute Gasteiger partial charge is 0.408 e. The van der Waals surface area contributed by atoms with Gasteiger partial charge < -0.3 is 15.2 Å². The highest BCUT2D eigenvalue weighted by Crippen LogP contribution is 2.44. The van der Waals surface area contributed by atoms with E-state index in [-0.39, 0.29) is 18.9 Å². The predicted molar refractivity (Wildman–Crippen MR) is 111 cm³/mol. The first kappa shape index (κ1) is 19.7. The number of aliphatic carboxylic acids is 1. The lowest BCUT2D eigenvalue weighted by Gasteiger charge is -2.25. The number of carbonyl (C=O) groups is 2. The summed E-state index contributed by atoms with van der Waals surface area (Å²) in [7, 11) is 1.75. The Kier molecular flexibility index (Phi) is 5.03. The number of fused-ring (bicyclic) bond motifs is 3. The Labute approximate surface area is 174 Å². The summed E-state index contributed by atoms with van der Waals surface area (Å²) >= 11 is 0. The molecule has 0 radical (unpaired) electrons. The van der Waals surface area contributed by atoms with Gasteiger partial charge in [0.15, 0.2) is 0 Å². The van der Waals surface area contributed by atoms with Crippen molar-refractivity contribution in [2.75, 3.05) is 6.61 Å². The molecule has 1 aliphatic carbocycles. The van der Waals surface area contributed by atoms with E-state index in [1.807, 2.05) is 36.4 Å². The van der Waals surface area contributed by atoms with Gasteiger partial charge in [-0.3, -0.25) is 4.68 Å². The van der Waals surface area contributed by atoms with E-state index in [1.54, 1.807) is 24.0 Å². The van der Waals surface area contributed by atoms with Gasteiger partial charge in [-0.15, -0.1) is 0 Å². The van der Waals surface area contributed by atoms with Crippen molar-refractivity contribution in [3.8, 4) is 11.1 Å². The Morgan fingerprint density at radius 2 is 1.70 bits per heavy atom. The Morgan fingerprint density at radius 1 is 1.10 bits per heavy atom. The number of carbonyl (C=O) groups excluding carboxylic acids is 1. The molecule has 0 aliphatic heterocycles. The van der Waals surface area contributed by atoms with Crippen molar-refractivity contribution in [3.05, 3.63) is 77.6 Å². The highest BCUT2D eigenvalue weighted by molar-refractivity contribution is 5.84. The molecule has 3 aromatic rings. The van der Waals surface area contributed by atoms with E-state index in [0.717, 1.165) is 22.3 Å². The zero-order chi connectivity index (χ0) is 21.3. The van der Waals surface area contributed by atoms with Crippen LogP contribution in [0.25, 0.3) is 11.1 Å². The molecule has 0 fully saturated rings. The number of nitrogens with zero attached hydrogens (tertiary/aromatic N) is 2. The van der Waals surface area contributed by atoms with E-state index in [1.165, 1.54) is 6.92 Å². The van der Waals surface area contributed by atoms with Crippen LogP contribution in [0.15, 0.2) is 60.8 Å². The van der Waals surface area contributed by atoms with E-state index in [0.29, 0.717) is 5.69 Å². The molecule has 2 aromatic carbocycles. The minimum atomic E-state index is -1.53. The molecule has 2 N–H and O–H groups in total. The van der Waals surface area contributed by atoms with Crippen LogP contribution in [0.4, 0.5) is 4.79 Å². The zero-order valence-electron chi connectivity index (χ0n) is 16.8. The van der Waals surface area contributed by atoms with Crippen LogP contribution in [0.1, 0.15) is 29.7 Å². The molecule has 30 heavy (non-hydrogen) atoms. The van der Waals surface area contributed by atoms with Crippen LogP contribution in [0.3, 0.4) is 0 Å². The molecule has 0 saturated carbocycles. The first-order valence-electron chi connectivity index (χ1n) is 9.72. The molecule has 0 bridgehead atoms.